The molecular weight excluding hydrogens is 330 g/mol. The molecule has 3 rings (SSSR count). The molecule has 5 nitrogen and oxygen atoms in total. The van der Waals surface area contributed by atoms with Crippen molar-refractivity contribution < 1.29 is 19.1 Å². The van der Waals surface area contributed by atoms with E-state index in [1.807, 2.05) is 30.3 Å². The van der Waals surface area contributed by atoms with Crippen molar-refractivity contribution in [3.63, 3.8) is 0 Å². The molecule has 0 saturated carbocycles. The van der Waals surface area contributed by atoms with E-state index in [1.54, 1.807) is 24.3 Å². The van der Waals surface area contributed by atoms with Crippen molar-refractivity contribution in [1.82, 2.24) is 4.90 Å². The fraction of sp³-hybridized carbons (Fsp3) is 0.190. The van der Waals surface area contributed by atoms with E-state index >= 15 is 0 Å². The number of carbonyl (C=O) groups is 3. The highest BCUT2D eigenvalue weighted by atomic mass is 16.5. The van der Waals surface area contributed by atoms with Crippen LogP contribution in [0.25, 0.3) is 0 Å². The lowest BCUT2D eigenvalue weighted by Gasteiger charge is -2.26. The summed E-state index contributed by atoms with van der Waals surface area (Å²) >= 11 is 0. The lowest BCUT2D eigenvalue weighted by atomic mass is 9.98. The number of hydrogen-bond acceptors (Lipinski definition) is 4. The maximum absolute atomic E-state index is 12.8. The summed E-state index contributed by atoms with van der Waals surface area (Å²) in [5, 5.41) is 0. The zero-order valence-corrected chi connectivity index (χ0v) is 14.5. The number of methoxy groups -OCH3 is 1. The number of ether oxygens (including phenoxy) is 1. The predicted octanol–water partition coefficient (Wildman–Crippen LogP) is 3.01. The molecule has 0 spiro atoms. The first kappa shape index (κ1) is 17.6. The first-order valence-electron chi connectivity index (χ1n) is 8.30. The Labute approximate surface area is 151 Å². The van der Waals surface area contributed by atoms with Crippen LogP contribution in [0.15, 0.2) is 66.7 Å². The van der Waals surface area contributed by atoms with Gasteiger partial charge in [0.25, 0.3) is 11.8 Å². The van der Waals surface area contributed by atoms with E-state index in [-0.39, 0.29) is 23.8 Å². The van der Waals surface area contributed by atoms with E-state index in [9.17, 15) is 14.4 Å². The lowest BCUT2D eigenvalue weighted by molar-refractivity contribution is -0.136. The molecule has 2 amide bonds. The molecule has 0 bridgehead atoms. The van der Waals surface area contributed by atoms with Crippen LogP contribution in [0.5, 0.6) is 0 Å². The van der Waals surface area contributed by atoms with Gasteiger partial charge in [-0.25, -0.2) is 4.79 Å². The van der Waals surface area contributed by atoms with Crippen molar-refractivity contribution in [2.24, 2.45) is 0 Å². The minimum Gasteiger partial charge on any atom is -0.466 e. The van der Waals surface area contributed by atoms with Gasteiger partial charge in [0.2, 0.25) is 0 Å². The smallest absolute Gasteiger partial charge is 0.333 e. The van der Waals surface area contributed by atoms with Crippen LogP contribution < -0.4 is 0 Å². The van der Waals surface area contributed by atoms with Gasteiger partial charge in [-0.05, 0) is 24.1 Å². The quantitative estimate of drug-likeness (QED) is 0.457. The Morgan fingerprint density at radius 3 is 2.08 bits per heavy atom. The molecule has 0 radical (unpaired) electrons. The van der Waals surface area contributed by atoms with Crippen LogP contribution in [-0.2, 0) is 16.0 Å². The standard InChI is InChI=1S/C21H19NO4/c1-14(21(25)26-2)12-16(13-15-8-4-3-5-9-15)22-19(23)17-10-6-7-11-18(17)20(22)24/h3-11,16H,1,12-13H2,2H3. The summed E-state index contributed by atoms with van der Waals surface area (Å²) in [6.07, 6.45) is 0.593. The molecule has 1 aliphatic rings. The molecule has 0 aromatic heterocycles. The van der Waals surface area contributed by atoms with Gasteiger partial charge in [-0.3, -0.25) is 14.5 Å². The maximum Gasteiger partial charge on any atom is 0.333 e. The minimum atomic E-state index is -0.542. The van der Waals surface area contributed by atoms with Gasteiger partial charge in [0.15, 0.2) is 0 Å². The molecule has 5 heteroatoms. The third-order valence-electron chi connectivity index (χ3n) is 4.46. The Balaban J connectivity index is 1.93. The molecule has 0 saturated heterocycles. The third-order valence-corrected chi connectivity index (χ3v) is 4.46. The van der Waals surface area contributed by atoms with E-state index in [0.29, 0.717) is 17.5 Å². The summed E-state index contributed by atoms with van der Waals surface area (Å²) in [4.78, 5) is 38.7. The summed E-state index contributed by atoms with van der Waals surface area (Å²) in [7, 11) is 1.28. The van der Waals surface area contributed by atoms with Crippen LogP contribution in [0, 0.1) is 0 Å². The number of nitrogens with zero attached hydrogens (tertiary/aromatic N) is 1. The Hall–Kier alpha value is -3.21. The van der Waals surface area contributed by atoms with Crippen LogP contribution in [0.4, 0.5) is 0 Å². The molecule has 0 aliphatic carbocycles. The Morgan fingerprint density at radius 2 is 1.54 bits per heavy atom. The minimum absolute atomic E-state index is 0.160. The number of fused-ring (bicyclic) bond motifs is 1. The lowest BCUT2D eigenvalue weighted by Crippen LogP contribution is -2.42. The highest BCUT2D eigenvalue weighted by molar-refractivity contribution is 6.21. The number of amides is 2. The van der Waals surface area contributed by atoms with Crippen molar-refractivity contribution in [2.45, 2.75) is 18.9 Å². The maximum atomic E-state index is 12.8. The van der Waals surface area contributed by atoms with Gasteiger partial charge in [0.05, 0.1) is 18.2 Å². The van der Waals surface area contributed by atoms with Crippen molar-refractivity contribution in [3.8, 4) is 0 Å². The SMILES string of the molecule is C=C(CC(Cc1ccccc1)N1C(=O)c2ccccc2C1=O)C(=O)OC. The number of imide groups is 1. The third kappa shape index (κ3) is 3.28. The predicted molar refractivity (Wildman–Crippen MR) is 96.6 cm³/mol. The van der Waals surface area contributed by atoms with Crippen LogP contribution >= 0.6 is 0 Å². The number of carbonyl (C=O) groups excluding carboxylic acids is 3. The molecule has 2 aromatic carbocycles. The summed E-state index contributed by atoms with van der Waals surface area (Å²) in [6, 6.07) is 15.8. The van der Waals surface area contributed by atoms with Gasteiger partial charge in [-0.2, -0.15) is 0 Å². The van der Waals surface area contributed by atoms with E-state index < -0.39 is 12.0 Å². The summed E-state index contributed by atoms with van der Waals surface area (Å²) in [5.41, 5.74) is 1.97. The van der Waals surface area contributed by atoms with Gasteiger partial charge in [-0.1, -0.05) is 49.0 Å². The molecule has 1 aliphatic heterocycles. The topological polar surface area (TPSA) is 63.7 Å². The second-order valence-corrected chi connectivity index (χ2v) is 6.17. The molecule has 1 heterocycles. The fourth-order valence-corrected chi connectivity index (χ4v) is 3.19. The second-order valence-electron chi connectivity index (χ2n) is 6.17. The number of rotatable bonds is 6. The summed E-state index contributed by atoms with van der Waals surface area (Å²) < 4.78 is 4.71. The van der Waals surface area contributed by atoms with Gasteiger partial charge in [-0.15, -0.1) is 0 Å². The van der Waals surface area contributed by atoms with Gasteiger partial charge < -0.3 is 4.74 Å². The normalized spacial score (nSPS) is 14.1. The van der Waals surface area contributed by atoms with Gasteiger partial charge >= 0.3 is 5.97 Å². The molecule has 0 fully saturated rings. The molecule has 132 valence electrons. The highest BCUT2D eigenvalue weighted by Crippen LogP contribution is 2.28. The van der Waals surface area contributed by atoms with E-state index in [4.69, 9.17) is 4.74 Å². The van der Waals surface area contributed by atoms with Gasteiger partial charge in [0, 0.05) is 18.0 Å². The van der Waals surface area contributed by atoms with Crippen LogP contribution in [0.1, 0.15) is 32.7 Å². The van der Waals surface area contributed by atoms with E-state index in [1.165, 1.54) is 12.0 Å². The van der Waals surface area contributed by atoms with Crippen molar-refractivity contribution in [3.05, 3.63) is 83.4 Å². The van der Waals surface area contributed by atoms with Crippen LogP contribution in [-0.4, -0.2) is 35.8 Å². The number of benzene rings is 2. The Bertz CT molecular complexity index is 838. The first-order valence-corrected chi connectivity index (χ1v) is 8.30. The Kier molecular flexibility index (Phi) is 4.98. The fourth-order valence-electron chi connectivity index (χ4n) is 3.19. The zero-order valence-electron chi connectivity index (χ0n) is 14.5. The molecule has 2 aromatic rings. The number of esters is 1. The average Bonchev–Trinajstić information content (AvgIpc) is 2.92. The number of hydrogen-bond donors (Lipinski definition) is 0. The zero-order chi connectivity index (χ0) is 18.7. The molecular formula is C21H19NO4. The van der Waals surface area contributed by atoms with Crippen molar-refractivity contribution >= 4 is 17.8 Å². The monoisotopic (exact) mass is 349 g/mol. The molecule has 0 N–H and O–H groups in total. The molecule has 1 unspecified atom stereocenters. The highest BCUT2D eigenvalue weighted by Gasteiger charge is 2.40. The average molecular weight is 349 g/mol. The van der Waals surface area contributed by atoms with Crippen molar-refractivity contribution in [1.29, 1.82) is 0 Å². The van der Waals surface area contributed by atoms with Gasteiger partial charge in [0.1, 0.15) is 0 Å². The first-order chi connectivity index (χ1) is 12.5. The van der Waals surface area contributed by atoms with Crippen LogP contribution in [0.3, 0.4) is 0 Å². The van der Waals surface area contributed by atoms with E-state index in [0.717, 1.165) is 5.56 Å². The molecule has 26 heavy (non-hydrogen) atoms. The van der Waals surface area contributed by atoms with Crippen LogP contribution in [0.2, 0.25) is 0 Å². The largest absolute Gasteiger partial charge is 0.466 e. The Morgan fingerprint density at radius 1 is 1.00 bits per heavy atom. The molecule has 1 atom stereocenters. The van der Waals surface area contributed by atoms with E-state index in [2.05, 4.69) is 6.58 Å². The second kappa shape index (κ2) is 7.35. The summed E-state index contributed by atoms with van der Waals surface area (Å²) in [5.74, 6) is -1.23. The summed E-state index contributed by atoms with van der Waals surface area (Å²) in [6.45, 7) is 3.75. The van der Waals surface area contributed by atoms with Crippen molar-refractivity contribution in [2.75, 3.05) is 7.11 Å².